The summed E-state index contributed by atoms with van der Waals surface area (Å²) in [4.78, 5) is 14.8. The van der Waals surface area contributed by atoms with Crippen molar-refractivity contribution in [3.63, 3.8) is 0 Å². The molecular weight excluding hydrogens is 340 g/mol. The molecule has 0 spiro atoms. The van der Waals surface area contributed by atoms with Crippen LogP contribution in [0.1, 0.15) is 36.4 Å². The van der Waals surface area contributed by atoms with E-state index in [0.29, 0.717) is 19.4 Å². The molecule has 144 valence electrons. The summed E-state index contributed by atoms with van der Waals surface area (Å²) in [7, 11) is 1.66. The summed E-state index contributed by atoms with van der Waals surface area (Å²) < 4.78 is 5.25. The van der Waals surface area contributed by atoms with Gasteiger partial charge in [0, 0.05) is 13.0 Å². The normalized spacial score (nSPS) is 15.4. The number of nitrogens with one attached hydrogen (secondary N) is 1. The number of carbonyl (C=O) groups excluding carboxylic acids is 1. The van der Waals surface area contributed by atoms with E-state index in [1.807, 2.05) is 24.3 Å². The van der Waals surface area contributed by atoms with Crippen LogP contribution in [0.5, 0.6) is 11.5 Å². The van der Waals surface area contributed by atoms with Crippen LogP contribution in [0, 0.1) is 0 Å². The third-order valence-corrected chi connectivity index (χ3v) is 5.19. The molecular formula is C22H28N2O3. The van der Waals surface area contributed by atoms with Gasteiger partial charge >= 0.3 is 0 Å². The first-order valence-corrected chi connectivity index (χ1v) is 9.59. The van der Waals surface area contributed by atoms with Crippen molar-refractivity contribution in [3.8, 4) is 11.5 Å². The Labute approximate surface area is 161 Å². The third-order valence-electron chi connectivity index (χ3n) is 5.19. The van der Waals surface area contributed by atoms with Crippen LogP contribution < -0.4 is 10.1 Å². The molecule has 2 N–H and O–H groups in total. The minimum Gasteiger partial charge on any atom is -0.508 e. The van der Waals surface area contributed by atoms with Crippen LogP contribution in [0.3, 0.4) is 0 Å². The van der Waals surface area contributed by atoms with Crippen LogP contribution in [0.4, 0.5) is 0 Å². The summed E-state index contributed by atoms with van der Waals surface area (Å²) in [5.74, 6) is 1.10. The number of hydrogen-bond acceptors (Lipinski definition) is 4. The first-order chi connectivity index (χ1) is 13.2. The molecule has 1 atom stereocenters. The maximum Gasteiger partial charge on any atom is 0.220 e. The van der Waals surface area contributed by atoms with Gasteiger partial charge in [-0.2, -0.15) is 0 Å². The Bertz CT molecular complexity index is 739. The molecule has 3 rings (SSSR count). The summed E-state index contributed by atoms with van der Waals surface area (Å²) in [6.45, 7) is 2.71. The SMILES string of the molecule is COc1ccc(C(CNC(=O)CCc2ccccc2O)N2CCCC2)cc1. The lowest BCUT2D eigenvalue weighted by atomic mass is 10.0. The number of para-hydroxylation sites is 1. The van der Waals surface area contributed by atoms with E-state index in [-0.39, 0.29) is 17.7 Å². The van der Waals surface area contributed by atoms with E-state index >= 15 is 0 Å². The minimum atomic E-state index is 0.0101. The van der Waals surface area contributed by atoms with Gasteiger partial charge in [0.15, 0.2) is 0 Å². The number of rotatable bonds is 8. The van der Waals surface area contributed by atoms with Crippen LogP contribution in [0.25, 0.3) is 0 Å². The fourth-order valence-corrected chi connectivity index (χ4v) is 3.61. The Kier molecular flexibility index (Phi) is 6.71. The number of likely N-dealkylation sites (tertiary alicyclic amines) is 1. The molecule has 1 amide bonds. The molecule has 0 bridgehead atoms. The van der Waals surface area contributed by atoms with E-state index in [1.54, 1.807) is 19.2 Å². The molecule has 27 heavy (non-hydrogen) atoms. The number of aromatic hydroxyl groups is 1. The van der Waals surface area contributed by atoms with Crippen molar-refractivity contribution < 1.29 is 14.6 Å². The highest BCUT2D eigenvalue weighted by Crippen LogP contribution is 2.26. The van der Waals surface area contributed by atoms with E-state index in [0.717, 1.165) is 24.4 Å². The standard InChI is InChI=1S/C22H28N2O3/c1-27-19-11-8-17(9-12-19)20(24-14-4-5-15-24)16-23-22(26)13-10-18-6-2-3-7-21(18)25/h2-3,6-9,11-12,20,25H,4-5,10,13-16H2,1H3,(H,23,26). The van der Waals surface area contributed by atoms with Crippen molar-refractivity contribution in [2.45, 2.75) is 31.7 Å². The zero-order chi connectivity index (χ0) is 19.1. The largest absolute Gasteiger partial charge is 0.508 e. The van der Waals surface area contributed by atoms with Crippen molar-refractivity contribution in [1.29, 1.82) is 0 Å². The Balaban J connectivity index is 1.58. The number of amides is 1. The van der Waals surface area contributed by atoms with Crippen LogP contribution in [0.15, 0.2) is 48.5 Å². The Hall–Kier alpha value is -2.53. The second-order valence-corrected chi connectivity index (χ2v) is 6.96. The van der Waals surface area contributed by atoms with Gasteiger partial charge in [-0.25, -0.2) is 0 Å². The van der Waals surface area contributed by atoms with E-state index in [4.69, 9.17) is 4.74 Å². The molecule has 1 aliphatic rings. The van der Waals surface area contributed by atoms with Crippen molar-refractivity contribution in [2.24, 2.45) is 0 Å². The van der Waals surface area contributed by atoms with E-state index in [9.17, 15) is 9.90 Å². The van der Waals surface area contributed by atoms with Gasteiger partial charge in [0.25, 0.3) is 0 Å². The summed E-state index contributed by atoms with van der Waals surface area (Å²) in [5, 5.41) is 12.9. The summed E-state index contributed by atoms with van der Waals surface area (Å²) in [6, 6.07) is 15.4. The molecule has 2 aromatic rings. The Morgan fingerprint density at radius 2 is 1.85 bits per heavy atom. The Morgan fingerprint density at radius 3 is 2.52 bits per heavy atom. The molecule has 1 saturated heterocycles. The van der Waals surface area contributed by atoms with Crippen molar-refractivity contribution in [2.75, 3.05) is 26.7 Å². The number of ether oxygens (including phenoxy) is 1. The monoisotopic (exact) mass is 368 g/mol. The average molecular weight is 368 g/mol. The molecule has 0 aliphatic carbocycles. The predicted octanol–water partition coefficient (Wildman–Crippen LogP) is 3.29. The number of nitrogens with zero attached hydrogens (tertiary/aromatic N) is 1. The topological polar surface area (TPSA) is 61.8 Å². The van der Waals surface area contributed by atoms with Gasteiger partial charge in [-0.05, 0) is 61.7 Å². The quantitative estimate of drug-likeness (QED) is 0.751. The summed E-state index contributed by atoms with van der Waals surface area (Å²) in [5.41, 5.74) is 2.00. The van der Waals surface area contributed by atoms with E-state index < -0.39 is 0 Å². The highest BCUT2D eigenvalue weighted by molar-refractivity contribution is 5.76. The highest BCUT2D eigenvalue weighted by Gasteiger charge is 2.24. The van der Waals surface area contributed by atoms with Gasteiger partial charge in [0.2, 0.25) is 5.91 Å². The number of hydrogen-bond donors (Lipinski definition) is 2. The first kappa shape index (κ1) is 19.2. The maximum atomic E-state index is 12.3. The van der Waals surface area contributed by atoms with Gasteiger partial charge in [0.05, 0.1) is 13.2 Å². The average Bonchev–Trinajstić information content (AvgIpc) is 3.22. The first-order valence-electron chi connectivity index (χ1n) is 9.59. The molecule has 5 nitrogen and oxygen atoms in total. The number of aryl methyl sites for hydroxylation is 1. The van der Waals surface area contributed by atoms with Gasteiger partial charge in [0.1, 0.15) is 11.5 Å². The number of phenols is 1. The molecule has 1 aliphatic heterocycles. The lowest BCUT2D eigenvalue weighted by Gasteiger charge is -2.28. The lowest BCUT2D eigenvalue weighted by Crippen LogP contribution is -2.36. The summed E-state index contributed by atoms with van der Waals surface area (Å²) >= 11 is 0. The highest BCUT2D eigenvalue weighted by atomic mass is 16.5. The lowest BCUT2D eigenvalue weighted by molar-refractivity contribution is -0.121. The molecule has 1 fully saturated rings. The zero-order valence-corrected chi connectivity index (χ0v) is 15.9. The van der Waals surface area contributed by atoms with Crippen molar-refractivity contribution >= 4 is 5.91 Å². The van der Waals surface area contributed by atoms with Gasteiger partial charge in [-0.15, -0.1) is 0 Å². The van der Waals surface area contributed by atoms with Gasteiger partial charge in [-0.1, -0.05) is 30.3 Å². The second kappa shape index (κ2) is 9.42. The predicted molar refractivity (Wildman–Crippen MR) is 106 cm³/mol. The second-order valence-electron chi connectivity index (χ2n) is 6.96. The molecule has 0 saturated carbocycles. The summed E-state index contributed by atoms with van der Waals surface area (Å²) in [6.07, 6.45) is 3.31. The number of benzene rings is 2. The Morgan fingerprint density at radius 1 is 1.15 bits per heavy atom. The maximum absolute atomic E-state index is 12.3. The number of methoxy groups -OCH3 is 1. The fraction of sp³-hybridized carbons (Fsp3) is 0.409. The number of carbonyl (C=O) groups is 1. The molecule has 2 aromatic carbocycles. The minimum absolute atomic E-state index is 0.0101. The molecule has 5 heteroatoms. The van der Waals surface area contributed by atoms with Gasteiger partial charge in [-0.3, -0.25) is 9.69 Å². The van der Waals surface area contributed by atoms with E-state index in [2.05, 4.69) is 22.3 Å². The molecule has 0 aromatic heterocycles. The fourth-order valence-electron chi connectivity index (χ4n) is 3.61. The third kappa shape index (κ3) is 5.23. The van der Waals surface area contributed by atoms with Crippen LogP contribution in [-0.4, -0.2) is 42.7 Å². The van der Waals surface area contributed by atoms with E-state index in [1.165, 1.54) is 18.4 Å². The van der Waals surface area contributed by atoms with Crippen LogP contribution in [0.2, 0.25) is 0 Å². The number of phenolic OH excluding ortho intramolecular Hbond substituents is 1. The molecule has 1 unspecified atom stereocenters. The van der Waals surface area contributed by atoms with Crippen LogP contribution >= 0.6 is 0 Å². The smallest absolute Gasteiger partial charge is 0.220 e. The van der Waals surface area contributed by atoms with Crippen LogP contribution in [-0.2, 0) is 11.2 Å². The molecule has 1 heterocycles. The zero-order valence-electron chi connectivity index (χ0n) is 15.9. The van der Waals surface area contributed by atoms with Crippen molar-refractivity contribution in [3.05, 3.63) is 59.7 Å². The van der Waals surface area contributed by atoms with Crippen molar-refractivity contribution in [1.82, 2.24) is 10.2 Å². The molecule has 0 radical (unpaired) electrons. The van der Waals surface area contributed by atoms with Gasteiger partial charge < -0.3 is 15.2 Å².